The van der Waals surface area contributed by atoms with E-state index in [-0.39, 0.29) is 23.8 Å². The number of rotatable bonds is 7. The van der Waals surface area contributed by atoms with E-state index in [0.717, 1.165) is 32.1 Å². The van der Waals surface area contributed by atoms with Crippen LogP contribution < -0.4 is 16.8 Å². The van der Waals surface area contributed by atoms with Crippen LogP contribution in [-0.2, 0) is 14.3 Å². The zero-order valence-electron chi connectivity index (χ0n) is 11.6. The minimum atomic E-state index is -0.482. The number of carbonyl (C=O) groups is 2. The molecule has 0 spiro atoms. The predicted molar refractivity (Wildman–Crippen MR) is 72.2 cm³/mol. The van der Waals surface area contributed by atoms with Gasteiger partial charge in [-0.3, -0.25) is 9.59 Å². The van der Waals surface area contributed by atoms with Gasteiger partial charge in [0.25, 0.3) is 0 Å². The fraction of sp³-hybridized carbons (Fsp3) is 0.846. The van der Waals surface area contributed by atoms with Gasteiger partial charge in [0.05, 0.1) is 6.04 Å². The Bertz CT molecular complexity index is 302. The maximum Gasteiger partial charge on any atom is 0.237 e. The van der Waals surface area contributed by atoms with Gasteiger partial charge in [-0.25, -0.2) is 0 Å². The van der Waals surface area contributed by atoms with E-state index < -0.39 is 6.04 Å². The number of hydrogen-bond donors (Lipinski definition) is 3. The Labute approximate surface area is 114 Å². The Morgan fingerprint density at radius 3 is 2.47 bits per heavy atom. The topological polar surface area (TPSA) is 107 Å². The molecule has 1 aliphatic carbocycles. The van der Waals surface area contributed by atoms with Gasteiger partial charge < -0.3 is 21.5 Å². The van der Waals surface area contributed by atoms with Gasteiger partial charge in [-0.1, -0.05) is 0 Å². The van der Waals surface area contributed by atoms with E-state index in [9.17, 15) is 9.59 Å². The highest BCUT2D eigenvalue weighted by atomic mass is 16.5. The summed E-state index contributed by atoms with van der Waals surface area (Å²) in [5.41, 5.74) is 11.1. The van der Waals surface area contributed by atoms with Gasteiger partial charge in [0.1, 0.15) is 0 Å². The highest BCUT2D eigenvalue weighted by molar-refractivity contribution is 5.81. The molecule has 0 aromatic rings. The second kappa shape index (κ2) is 8.12. The predicted octanol–water partition coefficient (Wildman–Crippen LogP) is -0.0994. The molecular weight excluding hydrogens is 246 g/mol. The van der Waals surface area contributed by atoms with E-state index in [0.29, 0.717) is 13.0 Å². The number of amides is 2. The van der Waals surface area contributed by atoms with Crippen LogP contribution in [0.25, 0.3) is 0 Å². The summed E-state index contributed by atoms with van der Waals surface area (Å²) < 4.78 is 4.93. The molecular formula is C13H25N3O3. The first-order valence-electron chi connectivity index (χ1n) is 6.88. The summed E-state index contributed by atoms with van der Waals surface area (Å²) in [5.74, 6) is -0.386. The molecule has 0 saturated heterocycles. The minimum Gasteiger partial charge on any atom is -0.385 e. The minimum absolute atomic E-state index is 0.0384. The lowest BCUT2D eigenvalue weighted by molar-refractivity contribution is -0.124. The standard InChI is InChI=1S/C13H25N3O3/c1-19-8-2-3-11(14)13(18)16-10-6-4-9(5-7-10)12(15)17/h9-11H,2-8,14H2,1H3,(H2,15,17)(H,16,18). The van der Waals surface area contributed by atoms with E-state index in [2.05, 4.69) is 5.32 Å². The summed E-state index contributed by atoms with van der Waals surface area (Å²) in [7, 11) is 1.63. The van der Waals surface area contributed by atoms with Crippen LogP contribution in [0.4, 0.5) is 0 Å². The molecule has 0 aliphatic heterocycles. The first-order valence-corrected chi connectivity index (χ1v) is 6.88. The van der Waals surface area contributed by atoms with E-state index in [1.54, 1.807) is 7.11 Å². The zero-order chi connectivity index (χ0) is 14.3. The SMILES string of the molecule is COCCCC(N)C(=O)NC1CCC(C(N)=O)CC1. The second-order valence-corrected chi connectivity index (χ2v) is 5.20. The van der Waals surface area contributed by atoms with Crippen LogP contribution in [0.15, 0.2) is 0 Å². The van der Waals surface area contributed by atoms with Gasteiger partial charge in [-0.2, -0.15) is 0 Å². The molecule has 19 heavy (non-hydrogen) atoms. The summed E-state index contributed by atoms with van der Waals surface area (Å²) in [6.07, 6.45) is 4.49. The number of nitrogens with one attached hydrogen (secondary N) is 1. The Morgan fingerprint density at radius 2 is 1.95 bits per heavy atom. The Hall–Kier alpha value is -1.14. The first kappa shape index (κ1) is 15.9. The monoisotopic (exact) mass is 271 g/mol. The maximum atomic E-state index is 11.9. The van der Waals surface area contributed by atoms with Crippen LogP contribution in [0.2, 0.25) is 0 Å². The van der Waals surface area contributed by atoms with E-state index in [1.807, 2.05) is 0 Å². The van der Waals surface area contributed by atoms with Crippen molar-refractivity contribution in [2.45, 2.75) is 50.6 Å². The summed E-state index contributed by atoms with van der Waals surface area (Å²) in [6.45, 7) is 0.616. The summed E-state index contributed by atoms with van der Waals surface area (Å²) in [6, 6.07) is -0.361. The van der Waals surface area contributed by atoms with Crippen LogP contribution in [0.3, 0.4) is 0 Å². The molecule has 0 radical (unpaired) electrons. The average molecular weight is 271 g/mol. The molecule has 1 unspecified atom stereocenters. The van der Waals surface area contributed by atoms with Gasteiger partial charge in [-0.15, -0.1) is 0 Å². The zero-order valence-corrected chi connectivity index (χ0v) is 11.6. The lowest BCUT2D eigenvalue weighted by Crippen LogP contribution is -2.47. The molecule has 1 fully saturated rings. The quantitative estimate of drug-likeness (QED) is 0.562. The third-order valence-corrected chi connectivity index (χ3v) is 3.68. The number of carbonyl (C=O) groups excluding carboxylic acids is 2. The van der Waals surface area contributed by atoms with E-state index >= 15 is 0 Å². The lowest BCUT2D eigenvalue weighted by atomic mass is 9.85. The average Bonchev–Trinajstić information content (AvgIpc) is 2.39. The van der Waals surface area contributed by atoms with Crippen LogP contribution in [0, 0.1) is 5.92 Å². The molecule has 1 atom stereocenters. The van der Waals surface area contributed by atoms with Crippen molar-refractivity contribution in [1.29, 1.82) is 0 Å². The Balaban J connectivity index is 2.24. The summed E-state index contributed by atoms with van der Waals surface area (Å²) in [4.78, 5) is 22.9. The molecule has 5 N–H and O–H groups in total. The van der Waals surface area contributed by atoms with Crippen molar-refractivity contribution in [2.75, 3.05) is 13.7 Å². The van der Waals surface area contributed by atoms with E-state index in [1.165, 1.54) is 0 Å². The molecule has 1 aliphatic rings. The summed E-state index contributed by atoms with van der Waals surface area (Å²) in [5, 5.41) is 2.95. The van der Waals surface area contributed by atoms with Crippen molar-refractivity contribution < 1.29 is 14.3 Å². The molecule has 6 heteroatoms. The first-order chi connectivity index (χ1) is 9.04. The molecule has 0 aromatic heterocycles. The van der Waals surface area contributed by atoms with Crippen LogP contribution in [0.5, 0.6) is 0 Å². The molecule has 6 nitrogen and oxygen atoms in total. The van der Waals surface area contributed by atoms with Gasteiger partial charge in [-0.05, 0) is 38.5 Å². The second-order valence-electron chi connectivity index (χ2n) is 5.20. The Morgan fingerprint density at radius 1 is 1.32 bits per heavy atom. The number of nitrogens with two attached hydrogens (primary N) is 2. The van der Waals surface area contributed by atoms with Gasteiger partial charge in [0, 0.05) is 25.7 Å². The number of methoxy groups -OCH3 is 1. The molecule has 0 aromatic carbocycles. The van der Waals surface area contributed by atoms with Gasteiger partial charge >= 0.3 is 0 Å². The van der Waals surface area contributed by atoms with Crippen molar-refractivity contribution in [2.24, 2.45) is 17.4 Å². The summed E-state index contributed by atoms with van der Waals surface area (Å²) >= 11 is 0. The molecule has 1 saturated carbocycles. The molecule has 2 amide bonds. The van der Waals surface area contributed by atoms with Crippen molar-refractivity contribution in [1.82, 2.24) is 5.32 Å². The molecule has 0 heterocycles. The highest BCUT2D eigenvalue weighted by Gasteiger charge is 2.26. The maximum absolute atomic E-state index is 11.9. The van der Waals surface area contributed by atoms with Crippen LogP contribution >= 0.6 is 0 Å². The number of ether oxygens (including phenoxy) is 1. The molecule has 1 rings (SSSR count). The largest absolute Gasteiger partial charge is 0.385 e. The van der Waals surface area contributed by atoms with Gasteiger partial charge in [0.15, 0.2) is 0 Å². The van der Waals surface area contributed by atoms with Crippen molar-refractivity contribution in [3.05, 3.63) is 0 Å². The van der Waals surface area contributed by atoms with Gasteiger partial charge in [0.2, 0.25) is 11.8 Å². The third kappa shape index (κ3) is 5.57. The van der Waals surface area contributed by atoms with E-state index in [4.69, 9.17) is 16.2 Å². The number of hydrogen-bond acceptors (Lipinski definition) is 4. The third-order valence-electron chi connectivity index (χ3n) is 3.68. The fourth-order valence-corrected chi connectivity index (χ4v) is 2.41. The normalized spacial score (nSPS) is 24.7. The number of primary amides is 1. The van der Waals surface area contributed by atoms with Crippen molar-refractivity contribution in [3.8, 4) is 0 Å². The van der Waals surface area contributed by atoms with Crippen molar-refractivity contribution >= 4 is 11.8 Å². The smallest absolute Gasteiger partial charge is 0.237 e. The lowest BCUT2D eigenvalue weighted by Gasteiger charge is -2.28. The van der Waals surface area contributed by atoms with Crippen LogP contribution in [0.1, 0.15) is 38.5 Å². The fourth-order valence-electron chi connectivity index (χ4n) is 2.41. The Kier molecular flexibility index (Phi) is 6.80. The van der Waals surface area contributed by atoms with Crippen molar-refractivity contribution in [3.63, 3.8) is 0 Å². The van der Waals surface area contributed by atoms with Crippen LogP contribution in [-0.4, -0.2) is 37.6 Å². The highest BCUT2D eigenvalue weighted by Crippen LogP contribution is 2.23. The molecule has 0 bridgehead atoms. The molecule has 110 valence electrons.